The second kappa shape index (κ2) is 8.37. The van der Waals surface area contributed by atoms with Gasteiger partial charge in [0.25, 0.3) is 0 Å². The molecule has 172 valence electrons. The molecule has 6 nitrogen and oxygen atoms in total. The summed E-state index contributed by atoms with van der Waals surface area (Å²) in [5, 5.41) is 13.4. The minimum Gasteiger partial charge on any atom is -0.478 e. The van der Waals surface area contributed by atoms with Crippen molar-refractivity contribution in [2.45, 2.75) is 39.4 Å². The van der Waals surface area contributed by atoms with Crippen molar-refractivity contribution in [2.75, 3.05) is 10.2 Å². The molecule has 0 aliphatic carbocycles. The van der Waals surface area contributed by atoms with E-state index in [4.69, 9.17) is 4.42 Å². The van der Waals surface area contributed by atoms with Crippen LogP contribution in [-0.4, -0.2) is 11.1 Å². The molecule has 3 aromatic carbocycles. The van der Waals surface area contributed by atoms with Crippen molar-refractivity contribution in [3.05, 3.63) is 105 Å². The Morgan fingerprint density at radius 2 is 1.85 bits per heavy atom. The Morgan fingerprint density at radius 3 is 2.62 bits per heavy atom. The maximum Gasteiger partial charge on any atom is 0.337 e. The second-order valence-corrected chi connectivity index (χ2v) is 8.90. The smallest absolute Gasteiger partial charge is 0.337 e. The molecular weight excluding hydrogens is 428 g/mol. The summed E-state index contributed by atoms with van der Waals surface area (Å²) in [6, 6.07) is 20.2. The average Bonchev–Trinajstić information content (AvgIpc) is 3.16. The van der Waals surface area contributed by atoms with Crippen LogP contribution in [0.5, 0.6) is 0 Å². The van der Waals surface area contributed by atoms with Crippen LogP contribution in [0.4, 0.5) is 11.6 Å². The number of carboxylic acid groups (broad SMARTS) is 1. The van der Waals surface area contributed by atoms with Gasteiger partial charge in [0.15, 0.2) is 5.43 Å². The fourth-order valence-electron chi connectivity index (χ4n) is 4.83. The molecule has 4 aromatic rings. The predicted molar refractivity (Wildman–Crippen MR) is 134 cm³/mol. The number of nitrogens with zero attached hydrogens (tertiary/aromatic N) is 1. The molecule has 0 fully saturated rings. The van der Waals surface area contributed by atoms with Crippen LogP contribution in [0.15, 0.2) is 75.9 Å². The van der Waals surface area contributed by atoms with Crippen molar-refractivity contribution in [3.8, 4) is 0 Å². The van der Waals surface area contributed by atoms with Crippen LogP contribution in [0, 0.1) is 6.92 Å². The summed E-state index contributed by atoms with van der Waals surface area (Å²) in [5.74, 6) is -0.467. The van der Waals surface area contributed by atoms with Crippen LogP contribution in [-0.2, 0) is 6.54 Å². The van der Waals surface area contributed by atoms with Gasteiger partial charge in [0.05, 0.1) is 23.0 Å². The van der Waals surface area contributed by atoms with Gasteiger partial charge in [0, 0.05) is 23.9 Å². The quantitative estimate of drug-likeness (QED) is 0.382. The lowest BCUT2D eigenvalue weighted by atomic mass is 10.0. The normalized spacial score (nSPS) is 15.9. The molecule has 34 heavy (non-hydrogen) atoms. The van der Waals surface area contributed by atoms with Gasteiger partial charge < -0.3 is 19.7 Å². The van der Waals surface area contributed by atoms with Crippen LogP contribution < -0.4 is 15.6 Å². The molecule has 0 radical (unpaired) electrons. The number of aryl methyl sites for hydroxylation is 1. The predicted octanol–water partition coefficient (Wildman–Crippen LogP) is 6.05. The molecule has 1 aliphatic rings. The average molecular weight is 455 g/mol. The highest BCUT2D eigenvalue weighted by atomic mass is 16.4. The highest BCUT2D eigenvalue weighted by Gasteiger charge is 2.29. The maximum absolute atomic E-state index is 13.2. The molecule has 0 bridgehead atoms. The Hall–Kier alpha value is -4.06. The van der Waals surface area contributed by atoms with Gasteiger partial charge in [0.1, 0.15) is 5.58 Å². The van der Waals surface area contributed by atoms with E-state index in [1.54, 1.807) is 30.3 Å². The number of carbonyl (C=O) groups is 1. The van der Waals surface area contributed by atoms with E-state index in [-0.39, 0.29) is 23.1 Å². The third-order valence-electron chi connectivity index (χ3n) is 6.58. The molecule has 0 spiro atoms. The third kappa shape index (κ3) is 3.71. The van der Waals surface area contributed by atoms with Gasteiger partial charge in [-0.25, -0.2) is 4.79 Å². The van der Waals surface area contributed by atoms with Crippen LogP contribution in [0.25, 0.3) is 11.0 Å². The van der Waals surface area contributed by atoms with Crippen molar-refractivity contribution in [1.82, 2.24) is 0 Å². The molecule has 5 rings (SSSR count). The van der Waals surface area contributed by atoms with E-state index in [2.05, 4.69) is 29.3 Å². The number of hydrogen-bond acceptors (Lipinski definition) is 5. The van der Waals surface area contributed by atoms with E-state index in [0.29, 0.717) is 29.1 Å². The molecule has 6 heteroatoms. The number of aromatic carboxylic acids is 1. The lowest BCUT2D eigenvalue weighted by Crippen LogP contribution is -2.21. The number of anilines is 2. The highest BCUT2D eigenvalue weighted by Crippen LogP contribution is 2.38. The van der Waals surface area contributed by atoms with Crippen molar-refractivity contribution in [3.63, 3.8) is 0 Å². The first kappa shape index (κ1) is 21.8. The first-order chi connectivity index (χ1) is 16.3. The van der Waals surface area contributed by atoms with E-state index < -0.39 is 5.97 Å². The van der Waals surface area contributed by atoms with Crippen molar-refractivity contribution in [2.24, 2.45) is 0 Å². The van der Waals surface area contributed by atoms with Crippen molar-refractivity contribution in [1.29, 1.82) is 0 Å². The topological polar surface area (TPSA) is 82.8 Å². The maximum atomic E-state index is 13.2. The van der Waals surface area contributed by atoms with Gasteiger partial charge in [-0.1, -0.05) is 42.5 Å². The zero-order valence-electron chi connectivity index (χ0n) is 19.3. The molecule has 0 saturated heterocycles. The van der Waals surface area contributed by atoms with Gasteiger partial charge >= 0.3 is 5.97 Å². The molecule has 1 unspecified atom stereocenters. The highest BCUT2D eigenvalue weighted by molar-refractivity contribution is 5.94. The summed E-state index contributed by atoms with van der Waals surface area (Å²) in [6.07, 6.45) is 0. The monoisotopic (exact) mass is 454 g/mol. The number of nitrogens with one attached hydrogen (secondary N) is 1. The lowest BCUT2D eigenvalue weighted by Gasteiger charge is -2.24. The van der Waals surface area contributed by atoms with Gasteiger partial charge in [-0.15, -0.1) is 0 Å². The number of hydrogen-bond donors (Lipinski definition) is 2. The summed E-state index contributed by atoms with van der Waals surface area (Å²) < 4.78 is 6.42. The Bertz CT molecular complexity index is 1470. The number of fused-ring (bicyclic) bond motifs is 2. The zero-order chi connectivity index (χ0) is 24.0. The number of carboxylic acids is 1. The van der Waals surface area contributed by atoms with E-state index in [1.807, 2.05) is 38.1 Å². The minimum absolute atomic E-state index is 0.0868. The molecule has 0 amide bonds. The van der Waals surface area contributed by atoms with Crippen LogP contribution in [0.2, 0.25) is 0 Å². The summed E-state index contributed by atoms with van der Waals surface area (Å²) >= 11 is 0. The molecule has 0 saturated carbocycles. The van der Waals surface area contributed by atoms with Crippen LogP contribution >= 0.6 is 0 Å². The van der Waals surface area contributed by atoms with Crippen LogP contribution in [0.3, 0.4) is 0 Å². The lowest BCUT2D eigenvalue weighted by molar-refractivity contribution is 0.0698. The fraction of sp³-hybridized carbons (Fsp3) is 0.214. The fourth-order valence-corrected chi connectivity index (χ4v) is 4.83. The Labute approximate surface area is 197 Å². The molecule has 2 atom stereocenters. The molecule has 2 heterocycles. The van der Waals surface area contributed by atoms with Gasteiger partial charge in [-0.2, -0.15) is 0 Å². The number of para-hydroxylation sites is 1. The summed E-state index contributed by atoms with van der Waals surface area (Å²) in [5.41, 5.74) is 5.32. The Kier molecular flexibility index (Phi) is 5.36. The van der Waals surface area contributed by atoms with Gasteiger partial charge in [-0.3, -0.25) is 4.79 Å². The second-order valence-electron chi connectivity index (χ2n) is 8.90. The Morgan fingerprint density at radius 1 is 1.12 bits per heavy atom. The minimum atomic E-state index is -0.999. The van der Waals surface area contributed by atoms with Gasteiger partial charge in [-0.05, 0) is 55.7 Å². The number of benzene rings is 3. The van der Waals surface area contributed by atoms with E-state index in [0.717, 1.165) is 11.1 Å². The van der Waals surface area contributed by atoms with Crippen molar-refractivity contribution < 1.29 is 14.3 Å². The van der Waals surface area contributed by atoms with E-state index >= 15 is 0 Å². The third-order valence-corrected chi connectivity index (χ3v) is 6.58. The SMILES string of the molecule is Cc1cc(C(C)Nc2ccccc2C(=O)O)c2oc(N3Cc4ccccc4[C@H]3C)cc(=O)c2c1. The van der Waals surface area contributed by atoms with Crippen molar-refractivity contribution >= 4 is 28.5 Å². The first-order valence-electron chi connectivity index (χ1n) is 11.3. The van der Waals surface area contributed by atoms with Crippen LogP contribution in [0.1, 0.15) is 58.5 Å². The largest absolute Gasteiger partial charge is 0.478 e. The molecule has 2 N–H and O–H groups in total. The zero-order valence-corrected chi connectivity index (χ0v) is 19.3. The van der Waals surface area contributed by atoms with Gasteiger partial charge in [0.2, 0.25) is 5.88 Å². The first-order valence-corrected chi connectivity index (χ1v) is 11.3. The molecule has 1 aliphatic heterocycles. The summed E-state index contributed by atoms with van der Waals surface area (Å²) in [6.45, 7) is 6.66. The summed E-state index contributed by atoms with van der Waals surface area (Å²) in [7, 11) is 0. The number of rotatable bonds is 5. The molecule has 1 aromatic heterocycles. The van der Waals surface area contributed by atoms with E-state index in [1.165, 1.54) is 11.1 Å². The standard InChI is InChI=1S/C28H26N2O4/c1-16-12-22(17(2)29-24-11-7-6-10-21(24)28(32)33)27-23(13-16)25(31)14-26(34-27)30-15-19-8-4-5-9-20(19)18(30)3/h4-14,17-18,29H,15H2,1-3H3,(H,32,33)/t17?,18-/m1/s1. The van der Waals surface area contributed by atoms with E-state index in [9.17, 15) is 14.7 Å². The summed E-state index contributed by atoms with van der Waals surface area (Å²) in [4.78, 5) is 26.9. The molecular formula is C28H26N2O4. The Balaban J connectivity index is 1.59.